The lowest BCUT2D eigenvalue weighted by atomic mass is 9.98. The van der Waals surface area contributed by atoms with Crippen LogP contribution in [0.4, 0.5) is 10.5 Å². The van der Waals surface area contributed by atoms with Crippen LogP contribution in [0.2, 0.25) is 0 Å². The molecule has 3 heterocycles. The number of nitrogens with one attached hydrogen (secondary N) is 1. The Morgan fingerprint density at radius 2 is 1.88 bits per heavy atom. The van der Waals surface area contributed by atoms with Gasteiger partial charge in [0.15, 0.2) is 6.10 Å². The molecule has 5 unspecified atom stereocenters. The Balaban J connectivity index is 0.00000237. The summed E-state index contributed by atoms with van der Waals surface area (Å²) in [5, 5.41) is 11.9. The van der Waals surface area contributed by atoms with E-state index in [1.807, 2.05) is 51.2 Å². The molecule has 2 saturated heterocycles. The maximum absolute atomic E-state index is 12.9. The van der Waals surface area contributed by atoms with Crippen LogP contribution in [0.1, 0.15) is 59.8 Å². The fraction of sp³-hybridized carbons (Fsp3) is 0.633. The summed E-state index contributed by atoms with van der Waals surface area (Å²) in [6, 6.07) is 7.04. The molecule has 12 nitrogen and oxygen atoms in total. The van der Waals surface area contributed by atoms with Gasteiger partial charge in [-0.05, 0) is 58.2 Å². The second kappa shape index (κ2) is 16.2. The van der Waals surface area contributed by atoms with E-state index in [1.54, 1.807) is 23.6 Å². The van der Waals surface area contributed by atoms with Gasteiger partial charge in [0.1, 0.15) is 24.0 Å². The number of Topliss-reactive ketones (excluding diaryl/α,β-unsaturated/α-hetero) is 1. The van der Waals surface area contributed by atoms with E-state index in [2.05, 4.69) is 15.6 Å². The molecule has 0 aliphatic carbocycles. The van der Waals surface area contributed by atoms with Crippen LogP contribution < -0.4 is 11.1 Å². The molecule has 1 aromatic carbocycles. The number of fused-ring (bicyclic) bond motifs is 1. The normalized spacial score (nSPS) is 25.5. The number of carbonyl (C=O) groups is 3. The monoisotopic (exact) mass is 586 g/mol. The van der Waals surface area contributed by atoms with Crippen LogP contribution in [0.15, 0.2) is 30.5 Å². The number of nitrogen functional groups attached to an aromatic ring is 1. The number of esters is 1. The van der Waals surface area contributed by atoms with Crippen molar-refractivity contribution in [1.82, 2.24) is 25.2 Å². The lowest BCUT2D eigenvalue weighted by Crippen LogP contribution is -2.52. The van der Waals surface area contributed by atoms with Crippen LogP contribution in [0.3, 0.4) is 0 Å². The van der Waals surface area contributed by atoms with Crippen molar-refractivity contribution < 1.29 is 28.6 Å². The van der Waals surface area contributed by atoms with E-state index in [0.29, 0.717) is 38.2 Å². The SMILES string of the molecule is CC.COC1CCNC(C)C2C(COC(=O)C(C)C(=O)CC1)OC(=O)N2CCCCn1cc(-c2cccc(N)c2)nn1. The minimum atomic E-state index is -0.876. The highest BCUT2D eigenvalue weighted by Crippen LogP contribution is 2.25. The zero-order chi connectivity index (χ0) is 30.6. The molecular weight excluding hydrogens is 540 g/mol. The minimum Gasteiger partial charge on any atom is -0.461 e. The number of methoxy groups -OCH3 is 1. The Morgan fingerprint density at radius 3 is 2.62 bits per heavy atom. The van der Waals surface area contributed by atoms with Gasteiger partial charge in [-0.1, -0.05) is 31.2 Å². The first-order chi connectivity index (χ1) is 20.3. The lowest BCUT2D eigenvalue weighted by Gasteiger charge is -2.31. The molecule has 12 heteroatoms. The first kappa shape index (κ1) is 33.0. The fourth-order valence-electron chi connectivity index (χ4n) is 5.26. The van der Waals surface area contributed by atoms with E-state index < -0.39 is 24.1 Å². The van der Waals surface area contributed by atoms with Crippen LogP contribution in [0, 0.1) is 5.92 Å². The Hall–Kier alpha value is -3.51. The van der Waals surface area contributed by atoms with Crippen molar-refractivity contribution in [3.8, 4) is 11.3 Å². The van der Waals surface area contributed by atoms with Crippen molar-refractivity contribution in [3.63, 3.8) is 0 Å². The average molecular weight is 587 g/mol. The maximum Gasteiger partial charge on any atom is 0.410 e. The van der Waals surface area contributed by atoms with Gasteiger partial charge in [0.25, 0.3) is 0 Å². The number of unbranched alkanes of at least 4 members (excludes halogenated alkanes) is 1. The number of amides is 1. The minimum absolute atomic E-state index is 0.0954. The third-order valence-corrected chi connectivity index (χ3v) is 7.70. The van der Waals surface area contributed by atoms with E-state index in [1.165, 1.54) is 0 Å². The molecule has 5 atom stereocenters. The Labute approximate surface area is 248 Å². The summed E-state index contributed by atoms with van der Waals surface area (Å²) in [7, 11) is 1.62. The number of ketones is 1. The number of benzene rings is 1. The van der Waals surface area contributed by atoms with Crippen LogP contribution in [-0.4, -0.2) is 88.8 Å². The number of aryl methyl sites for hydroxylation is 1. The topological polar surface area (TPSA) is 151 Å². The lowest BCUT2D eigenvalue weighted by molar-refractivity contribution is -0.154. The third-order valence-electron chi connectivity index (χ3n) is 7.70. The molecule has 1 amide bonds. The number of nitrogens with zero attached hydrogens (tertiary/aromatic N) is 4. The molecule has 2 aromatic rings. The van der Waals surface area contributed by atoms with Crippen molar-refractivity contribution >= 4 is 23.5 Å². The molecule has 2 aliphatic rings. The van der Waals surface area contributed by atoms with Gasteiger partial charge in [-0.2, -0.15) is 0 Å². The van der Waals surface area contributed by atoms with E-state index >= 15 is 0 Å². The summed E-state index contributed by atoms with van der Waals surface area (Å²) in [4.78, 5) is 39.7. The molecule has 2 aliphatic heterocycles. The van der Waals surface area contributed by atoms with Crippen molar-refractivity contribution in [3.05, 3.63) is 30.5 Å². The molecular formula is C30H46N6O6. The highest BCUT2D eigenvalue weighted by Gasteiger charge is 2.45. The van der Waals surface area contributed by atoms with Gasteiger partial charge in [0.2, 0.25) is 0 Å². The first-order valence-corrected chi connectivity index (χ1v) is 15.0. The zero-order valence-electron chi connectivity index (χ0n) is 25.5. The highest BCUT2D eigenvalue weighted by atomic mass is 16.6. The number of hydrogen-bond acceptors (Lipinski definition) is 10. The van der Waals surface area contributed by atoms with Crippen LogP contribution in [0.25, 0.3) is 11.3 Å². The molecule has 1 aromatic heterocycles. The highest BCUT2D eigenvalue weighted by molar-refractivity contribution is 5.98. The Morgan fingerprint density at radius 1 is 1.12 bits per heavy atom. The molecule has 0 spiro atoms. The van der Waals surface area contributed by atoms with Crippen LogP contribution in [-0.2, 0) is 30.3 Å². The summed E-state index contributed by atoms with van der Waals surface area (Å²) in [6.07, 6.45) is 3.67. The smallest absolute Gasteiger partial charge is 0.410 e. The second-order valence-electron chi connectivity index (χ2n) is 10.6. The zero-order valence-corrected chi connectivity index (χ0v) is 25.5. The fourth-order valence-corrected chi connectivity index (χ4v) is 5.26. The molecule has 0 saturated carbocycles. The predicted octanol–water partition coefficient (Wildman–Crippen LogP) is 3.45. The van der Waals surface area contributed by atoms with E-state index in [4.69, 9.17) is 19.9 Å². The number of ether oxygens (including phenoxy) is 3. The number of anilines is 1. The van der Waals surface area contributed by atoms with E-state index in [-0.39, 0.29) is 37.0 Å². The van der Waals surface area contributed by atoms with Gasteiger partial charge >= 0.3 is 12.1 Å². The number of hydrogen-bond donors (Lipinski definition) is 2. The first-order valence-electron chi connectivity index (χ1n) is 15.0. The summed E-state index contributed by atoms with van der Waals surface area (Å²) in [6.45, 7) is 9.23. The molecule has 42 heavy (non-hydrogen) atoms. The summed E-state index contributed by atoms with van der Waals surface area (Å²) >= 11 is 0. The number of aromatic nitrogens is 3. The maximum atomic E-state index is 12.9. The average Bonchev–Trinajstić information content (AvgIpc) is 3.59. The van der Waals surface area contributed by atoms with Crippen molar-refractivity contribution in [2.24, 2.45) is 5.92 Å². The van der Waals surface area contributed by atoms with Gasteiger partial charge in [-0.15, -0.1) is 5.10 Å². The number of cyclic esters (lactones) is 1. The molecule has 4 rings (SSSR count). The van der Waals surface area contributed by atoms with Crippen molar-refractivity contribution in [2.45, 2.75) is 90.6 Å². The van der Waals surface area contributed by atoms with Gasteiger partial charge in [0.05, 0.1) is 18.3 Å². The van der Waals surface area contributed by atoms with Crippen molar-refractivity contribution in [2.75, 3.05) is 32.5 Å². The van der Waals surface area contributed by atoms with Crippen LogP contribution >= 0.6 is 0 Å². The summed E-state index contributed by atoms with van der Waals surface area (Å²) in [5.74, 6) is -1.66. The standard InChI is InChI=1S/C28H40N6O6.C2H6/c1-18-24(35)10-9-22(38-3)11-12-30-19(2)26-25(17-39-27(18)36)40-28(37)34(26)14-5-4-13-33-16-23(31-32-33)20-7-6-8-21(29)15-20;1-2/h6-8,15-16,18-19,22,25-26,30H,4-5,9-14,17,29H2,1-3H3;1-2H3. The number of carbonyl (C=O) groups excluding carboxylic acids is 3. The van der Waals surface area contributed by atoms with Gasteiger partial charge in [-0.25, -0.2) is 4.79 Å². The van der Waals surface area contributed by atoms with E-state index in [9.17, 15) is 14.4 Å². The molecule has 232 valence electrons. The Kier molecular flexibility index (Phi) is 12.7. The Bertz CT molecular complexity index is 1170. The van der Waals surface area contributed by atoms with Gasteiger partial charge in [0, 0.05) is 43.9 Å². The largest absolute Gasteiger partial charge is 0.461 e. The summed E-state index contributed by atoms with van der Waals surface area (Å²) < 4.78 is 18.4. The molecule has 3 N–H and O–H groups in total. The number of nitrogens with two attached hydrogens (primary N) is 1. The predicted molar refractivity (Wildman–Crippen MR) is 158 cm³/mol. The second-order valence-corrected chi connectivity index (χ2v) is 10.6. The molecule has 0 bridgehead atoms. The van der Waals surface area contributed by atoms with Crippen LogP contribution in [0.5, 0.6) is 0 Å². The quantitative estimate of drug-likeness (QED) is 0.214. The molecule has 2 fully saturated rings. The number of rotatable bonds is 7. The third kappa shape index (κ3) is 8.75. The van der Waals surface area contributed by atoms with E-state index in [0.717, 1.165) is 24.1 Å². The van der Waals surface area contributed by atoms with Gasteiger partial charge < -0.3 is 25.3 Å². The molecule has 0 radical (unpaired) electrons. The van der Waals surface area contributed by atoms with Gasteiger partial charge in [-0.3, -0.25) is 19.2 Å². The summed E-state index contributed by atoms with van der Waals surface area (Å²) in [5.41, 5.74) is 8.20. The van der Waals surface area contributed by atoms with Crippen molar-refractivity contribution in [1.29, 1.82) is 0 Å².